The van der Waals surface area contributed by atoms with E-state index in [1.807, 2.05) is 22.4 Å². The number of nitrogens with one attached hydrogen (secondary N) is 1. The van der Waals surface area contributed by atoms with Crippen LogP contribution in [0.1, 0.15) is 43.6 Å². The predicted molar refractivity (Wildman–Crippen MR) is 77.3 cm³/mol. The molecule has 0 saturated heterocycles. The minimum Gasteiger partial charge on any atom is -0.350 e. The summed E-state index contributed by atoms with van der Waals surface area (Å²) in [5, 5.41) is 2.04. The Bertz CT molecular complexity index is 486. The number of aromatic nitrogens is 1. The fourth-order valence-electron chi connectivity index (χ4n) is 2.07. The van der Waals surface area contributed by atoms with Crippen molar-refractivity contribution in [3.63, 3.8) is 0 Å². The van der Waals surface area contributed by atoms with Crippen LogP contribution in [0.4, 0.5) is 0 Å². The molecule has 0 aliphatic carbocycles. The topological polar surface area (TPSA) is 36.1 Å². The maximum Gasteiger partial charge on any atom is 0.270 e. The molecule has 0 saturated carbocycles. The maximum atomic E-state index is 12.4. The van der Waals surface area contributed by atoms with Crippen molar-refractivity contribution in [2.24, 2.45) is 0 Å². The van der Waals surface area contributed by atoms with Crippen molar-refractivity contribution in [2.75, 3.05) is 13.1 Å². The highest BCUT2D eigenvalue weighted by molar-refractivity contribution is 7.17. The van der Waals surface area contributed by atoms with Gasteiger partial charge in [-0.3, -0.25) is 4.79 Å². The van der Waals surface area contributed by atoms with E-state index in [2.05, 4.69) is 18.8 Å². The first-order valence-electron chi connectivity index (χ1n) is 6.61. The molecule has 18 heavy (non-hydrogen) atoms. The van der Waals surface area contributed by atoms with E-state index in [-0.39, 0.29) is 5.91 Å². The van der Waals surface area contributed by atoms with Crippen molar-refractivity contribution in [1.82, 2.24) is 9.88 Å². The van der Waals surface area contributed by atoms with Crippen LogP contribution in [-0.4, -0.2) is 28.9 Å². The molecule has 98 valence electrons. The zero-order valence-electron chi connectivity index (χ0n) is 11.0. The Balaban J connectivity index is 2.13. The molecule has 0 atom stereocenters. The first kappa shape index (κ1) is 13.1. The predicted octanol–water partition coefficient (Wildman–Crippen LogP) is 3.88. The smallest absolute Gasteiger partial charge is 0.270 e. The minimum atomic E-state index is 0.133. The van der Waals surface area contributed by atoms with Crippen molar-refractivity contribution in [3.05, 3.63) is 23.2 Å². The highest BCUT2D eigenvalue weighted by Crippen LogP contribution is 2.22. The Hall–Kier alpha value is -1.29. The van der Waals surface area contributed by atoms with Crippen molar-refractivity contribution < 1.29 is 4.79 Å². The van der Waals surface area contributed by atoms with E-state index in [9.17, 15) is 4.79 Å². The van der Waals surface area contributed by atoms with Crippen LogP contribution in [0.15, 0.2) is 17.5 Å². The van der Waals surface area contributed by atoms with Gasteiger partial charge in [-0.05, 0) is 30.4 Å². The van der Waals surface area contributed by atoms with E-state index < -0.39 is 0 Å². The van der Waals surface area contributed by atoms with Crippen molar-refractivity contribution in [1.29, 1.82) is 0 Å². The van der Waals surface area contributed by atoms with Crippen molar-refractivity contribution >= 4 is 27.5 Å². The summed E-state index contributed by atoms with van der Waals surface area (Å²) in [6.45, 7) is 5.96. The molecule has 3 nitrogen and oxygen atoms in total. The second-order valence-corrected chi connectivity index (χ2v) is 5.47. The van der Waals surface area contributed by atoms with Crippen LogP contribution in [0, 0.1) is 0 Å². The van der Waals surface area contributed by atoms with Gasteiger partial charge in [0.1, 0.15) is 5.69 Å². The molecule has 0 aromatic carbocycles. The summed E-state index contributed by atoms with van der Waals surface area (Å²) in [5.41, 5.74) is 1.79. The van der Waals surface area contributed by atoms with Crippen LogP contribution in [-0.2, 0) is 0 Å². The van der Waals surface area contributed by atoms with Gasteiger partial charge in [0.05, 0.1) is 10.2 Å². The second-order valence-electron chi connectivity index (χ2n) is 4.53. The lowest BCUT2D eigenvalue weighted by molar-refractivity contribution is 0.0748. The standard InChI is InChI=1S/C14H20N2OS/c1-3-5-8-16(7-4-2)14(17)12-10-13-11(15-12)6-9-18-13/h6,9-10,15H,3-5,7-8H2,1-2H3. The van der Waals surface area contributed by atoms with Crippen LogP contribution in [0.5, 0.6) is 0 Å². The number of thiophene rings is 1. The Morgan fingerprint density at radius 2 is 2.17 bits per heavy atom. The number of H-pyrrole nitrogens is 1. The molecule has 2 aromatic heterocycles. The average Bonchev–Trinajstić information content (AvgIpc) is 2.94. The van der Waals surface area contributed by atoms with Gasteiger partial charge in [0.15, 0.2) is 0 Å². The lowest BCUT2D eigenvalue weighted by Gasteiger charge is -2.21. The quantitative estimate of drug-likeness (QED) is 0.844. The van der Waals surface area contributed by atoms with Crippen molar-refractivity contribution in [3.8, 4) is 0 Å². The van der Waals surface area contributed by atoms with Crippen LogP contribution in [0.2, 0.25) is 0 Å². The highest BCUT2D eigenvalue weighted by atomic mass is 32.1. The average molecular weight is 264 g/mol. The van der Waals surface area contributed by atoms with Gasteiger partial charge >= 0.3 is 0 Å². The molecule has 1 amide bonds. The normalized spacial score (nSPS) is 11.0. The second kappa shape index (κ2) is 6.05. The van der Waals surface area contributed by atoms with E-state index in [0.29, 0.717) is 0 Å². The molecule has 2 rings (SSSR count). The number of rotatable bonds is 6. The maximum absolute atomic E-state index is 12.4. The number of carbonyl (C=O) groups excluding carboxylic acids is 1. The molecule has 0 aliphatic rings. The third kappa shape index (κ3) is 2.75. The summed E-state index contributed by atoms with van der Waals surface area (Å²) in [5.74, 6) is 0.133. The Labute approximate surface area is 112 Å². The van der Waals surface area contributed by atoms with Crippen LogP contribution in [0.3, 0.4) is 0 Å². The molecule has 0 fully saturated rings. The first-order valence-corrected chi connectivity index (χ1v) is 7.49. The fourth-order valence-corrected chi connectivity index (χ4v) is 2.85. The molecule has 1 N–H and O–H groups in total. The molecule has 0 unspecified atom stereocenters. The summed E-state index contributed by atoms with van der Waals surface area (Å²) in [6.07, 6.45) is 3.19. The van der Waals surface area contributed by atoms with Crippen LogP contribution < -0.4 is 0 Å². The largest absolute Gasteiger partial charge is 0.350 e. The van der Waals surface area contributed by atoms with Gasteiger partial charge < -0.3 is 9.88 Å². The molecule has 2 heterocycles. The van der Waals surface area contributed by atoms with Crippen LogP contribution in [0.25, 0.3) is 10.2 Å². The lowest BCUT2D eigenvalue weighted by atomic mass is 10.2. The number of aromatic amines is 1. The molecule has 0 spiro atoms. The van der Waals surface area contributed by atoms with Crippen molar-refractivity contribution in [2.45, 2.75) is 33.1 Å². The summed E-state index contributed by atoms with van der Waals surface area (Å²) in [6, 6.07) is 3.99. The number of nitrogens with zero attached hydrogens (tertiary/aromatic N) is 1. The number of carbonyl (C=O) groups is 1. The Morgan fingerprint density at radius 3 is 2.83 bits per heavy atom. The van der Waals surface area contributed by atoms with Gasteiger partial charge in [0.25, 0.3) is 5.91 Å². The lowest BCUT2D eigenvalue weighted by Crippen LogP contribution is -2.32. The van der Waals surface area contributed by atoms with Gasteiger partial charge in [-0.25, -0.2) is 0 Å². The summed E-state index contributed by atoms with van der Waals surface area (Å²) < 4.78 is 1.16. The number of hydrogen-bond acceptors (Lipinski definition) is 2. The van der Waals surface area contributed by atoms with Gasteiger partial charge in [-0.1, -0.05) is 20.3 Å². The number of amides is 1. The van der Waals surface area contributed by atoms with E-state index in [1.54, 1.807) is 11.3 Å². The van der Waals surface area contributed by atoms with E-state index in [1.165, 1.54) is 0 Å². The monoisotopic (exact) mass is 264 g/mol. The van der Waals surface area contributed by atoms with E-state index in [4.69, 9.17) is 0 Å². The zero-order valence-corrected chi connectivity index (χ0v) is 11.8. The summed E-state index contributed by atoms with van der Waals surface area (Å²) in [4.78, 5) is 17.6. The van der Waals surface area contributed by atoms with Gasteiger partial charge in [-0.2, -0.15) is 0 Å². The Morgan fingerprint density at radius 1 is 1.33 bits per heavy atom. The molecule has 0 radical (unpaired) electrons. The fraction of sp³-hybridized carbons (Fsp3) is 0.500. The van der Waals surface area contributed by atoms with Gasteiger partial charge in [0, 0.05) is 13.1 Å². The number of fused-ring (bicyclic) bond motifs is 1. The molecular weight excluding hydrogens is 244 g/mol. The first-order chi connectivity index (χ1) is 8.76. The Kier molecular flexibility index (Phi) is 4.42. The number of hydrogen-bond donors (Lipinski definition) is 1. The summed E-state index contributed by atoms with van der Waals surface area (Å²) >= 11 is 1.67. The molecule has 2 aromatic rings. The van der Waals surface area contributed by atoms with Gasteiger partial charge in [-0.15, -0.1) is 11.3 Å². The third-order valence-corrected chi connectivity index (χ3v) is 3.90. The highest BCUT2D eigenvalue weighted by Gasteiger charge is 2.16. The SMILES string of the molecule is CCCCN(CCC)C(=O)c1cc2sccc2[nH]1. The minimum absolute atomic E-state index is 0.133. The molecular formula is C14H20N2OS. The van der Waals surface area contributed by atoms with E-state index in [0.717, 1.165) is 48.3 Å². The van der Waals surface area contributed by atoms with Gasteiger partial charge in [0.2, 0.25) is 0 Å². The third-order valence-electron chi connectivity index (χ3n) is 3.03. The zero-order chi connectivity index (χ0) is 13.0. The summed E-state index contributed by atoms with van der Waals surface area (Å²) in [7, 11) is 0. The number of unbranched alkanes of at least 4 members (excludes halogenated alkanes) is 1. The molecule has 4 heteroatoms. The molecule has 0 aliphatic heterocycles. The van der Waals surface area contributed by atoms with Crippen LogP contribution >= 0.6 is 11.3 Å². The van der Waals surface area contributed by atoms with E-state index >= 15 is 0 Å². The molecule has 0 bridgehead atoms.